The fraction of sp³-hybridized carbons (Fsp3) is 0.280. The summed E-state index contributed by atoms with van der Waals surface area (Å²) >= 11 is 0. The van der Waals surface area contributed by atoms with Gasteiger partial charge in [0.25, 0.3) is 11.8 Å². The summed E-state index contributed by atoms with van der Waals surface area (Å²) < 4.78 is 1.73. The van der Waals surface area contributed by atoms with E-state index in [0.29, 0.717) is 33.6 Å². The van der Waals surface area contributed by atoms with Gasteiger partial charge in [-0.2, -0.15) is 5.10 Å². The van der Waals surface area contributed by atoms with Gasteiger partial charge in [-0.3, -0.25) is 9.59 Å². The minimum atomic E-state index is -1.02. The zero-order chi connectivity index (χ0) is 24.6. The first kappa shape index (κ1) is 23.0. The first-order valence-corrected chi connectivity index (χ1v) is 10.9. The number of benzene rings is 1. The summed E-state index contributed by atoms with van der Waals surface area (Å²) in [4.78, 5) is 45.5. The van der Waals surface area contributed by atoms with Crippen molar-refractivity contribution in [3.8, 4) is 11.3 Å². The van der Waals surface area contributed by atoms with Crippen LogP contribution in [0.5, 0.6) is 0 Å². The molecule has 1 aliphatic rings. The fourth-order valence-corrected chi connectivity index (χ4v) is 3.96. The second-order valence-corrected chi connectivity index (χ2v) is 8.60. The number of hydrogen-bond acceptors (Lipinski definition) is 5. The monoisotopic (exact) mass is 459 g/mol. The number of carbonyl (C=O) groups excluding carboxylic acids is 2. The van der Waals surface area contributed by atoms with Crippen molar-refractivity contribution in [1.82, 2.24) is 20.1 Å². The molecule has 0 saturated carbocycles. The molecule has 174 valence electrons. The molecular formula is C25H25N5O4. The van der Waals surface area contributed by atoms with E-state index in [-0.39, 0.29) is 30.0 Å². The number of rotatable bonds is 6. The average Bonchev–Trinajstić information content (AvgIpc) is 3.22. The highest BCUT2D eigenvalue weighted by molar-refractivity contribution is 6.08. The number of pyridine rings is 1. The number of aromatic carboxylic acids is 1. The number of dihydropyridines is 1. The number of amides is 2. The van der Waals surface area contributed by atoms with Gasteiger partial charge in [-0.25, -0.2) is 19.5 Å². The van der Waals surface area contributed by atoms with Crippen molar-refractivity contribution in [2.75, 3.05) is 6.54 Å². The molecule has 2 N–H and O–H groups in total. The Morgan fingerprint density at radius 3 is 2.50 bits per heavy atom. The van der Waals surface area contributed by atoms with Gasteiger partial charge in [0.05, 0.1) is 34.3 Å². The zero-order valence-electron chi connectivity index (χ0n) is 19.4. The molecule has 4 rings (SSSR count). The number of carboxylic acids is 1. The average molecular weight is 460 g/mol. The Kier molecular flexibility index (Phi) is 6.10. The van der Waals surface area contributed by atoms with Gasteiger partial charge in [-0.05, 0) is 52.0 Å². The maximum absolute atomic E-state index is 13.3. The molecule has 0 fully saturated rings. The van der Waals surface area contributed by atoms with Crippen LogP contribution in [-0.4, -0.2) is 49.9 Å². The Morgan fingerprint density at radius 2 is 1.88 bits per heavy atom. The number of aromatic nitrogens is 3. The van der Waals surface area contributed by atoms with Crippen molar-refractivity contribution in [3.63, 3.8) is 0 Å². The third-order valence-electron chi connectivity index (χ3n) is 5.77. The van der Waals surface area contributed by atoms with E-state index in [1.807, 2.05) is 26.8 Å². The van der Waals surface area contributed by atoms with Crippen LogP contribution in [0.15, 0.2) is 53.2 Å². The van der Waals surface area contributed by atoms with Gasteiger partial charge in [0.2, 0.25) is 0 Å². The van der Waals surface area contributed by atoms with Crippen LogP contribution in [0.4, 0.5) is 0 Å². The second-order valence-electron chi connectivity index (χ2n) is 8.60. The van der Waals surface area contributed by atoms with Crippen LogP contribution >= 0.6 is 0 Å². The zero-order valence-corrected chi connectivity index (χ0v) is 19.4. The largest absolute Gasteiger partial charge is 0.478 e. The number of carboxylic acid groups (broad SMARTS) is 1. The van der Waals surface area contributed by atoms with Gasteiger partial charge >= 0.3 is 5.97 Å². The van der Waals surface area contributed by atoms with Crippen molar-refractivity contribution in [3.05, 3.63) is 59.3 Å². The minimum absolute atomic E-state index is 0.0132. The van der Waals surface area contributed by atoms with Crippen molar-refractivity contribution in [2.24, 2.45) is 10.9 Å². The van der Waals surface area contributed by atoms with Crippen LogP contribution in [0.3, 0.4) is 0 Å². The number of hydrogen-bond donors (Lipinski definition) is 2. The minimum Gasteiger partial charge on any atom is -0.478 e. The van der Waals surface area contributed by atoms with E-state index in [9.17, 15) is 19.5 Å². The molecule has 0 aliphatic carbocycles. The Bertz CT molecular complexity index is 1370. The molecule has 34 heavy (non-hydrogen) atoms. The fourth-order valence-electron chi connectivity index (χ4n) is 3.96. The lowest BCUT2D eigenvalue weighted by atomic mass is 9.95. The third kappa shape index (κ3) is 4.36. The Morgan fingerprint density at radius 1 is 1.18 bits per heavy atom. The summed E-state index contributed by atoms with van der Waals surface area (Å²) in [6.07, 6.45) is 3.45. The summed E-state index contributed by atoms with van der Waals surface area (Å²) in [7, 11) is 0. The summed E-state index contributed by atoms with van der Waals surface area (Å²) in [6.45, 7) is 7.68. The van der Waals surface area contributed by atoms with Gasteiger partial charge in [0, 0.05) is 23.9 Å². The summed E-state index contributed by atoms with van der Waals surface area (Å²) in [6, 6.07) is 7.98. The number of allylic oxidation sites excluding steroid dienone is 1. The maximum Gasteiger partial charge on any atom is 0.335 e. The van der Waals surface area contributed by atoms with Crippen molar-refractivity contribution in [1.29, 1.82) is 0 Å². The molecule has 3 heterocycles. The molecule has 1 aliphatic heterocycles. The molecule has 9 nitrogen and oxygen atoms in total. The van der Waals surface area contributed by atoms with Crippen LogP contribution in [-0.2, 0) is 4.79 Å². The topological polar surface area (TPSA) is 127 Å². The van der Waals surface area contributed by atoms with E-state index in [0.717, 1.165) is 5.57 Å². The third-order valence-corrected chi connectivity index (χ3v) is 5.77. The molecule has 0 radical (unpaired) electrons. The van der Waals surface area contributed by atoms with Gasteiger partial charge < -0.3 is 10.4 Å². The predicted octanol–water partition coefficient (Wildman–Crippen LogP) is 3.67. The molecule has 1 aromatic carbocycles. The molecular weight excluding hydrogens is 434 g/mol. The van der Waals surface area contributed by atoms with Crippen LogP contribution in [0.2, 0.25) is 0 Å². The van der Waals surface area contributed by atoms with E-state index < -0.39 is 11.9 Å². The van der Waals surface area contributed by atoms with E-state index in [4.69, 9.17) is 4.98 Å². The van der Waals surface area contributed by atoms with E-state index in [1.165, 1.54) is 12.1 Å². The number of aliphatic imine (C=N–C) groups is 1. The highest BCUT2D eigenvalue weighted by atomic mass is 16.4. The first-order chi connectivity index (χ1) is 16.2. The van der Waals surface area contributed by atoms with Crippen molar-refractivity contribution >= 4 is 34.5 Å². The lowest BCUT2D eigenvalue weighted by Gasteiger charge is -2.19. The Labute approximate surface area is 196 Å². The maximum atomic E-state index is 13.3. The lowest BCUT2D eigenvalue weighted by Crippen LogP contribution is -2.34. The summed E-state index contributed by atoms with van der Waals surface area (Å²) in [5.74, 6) is -2.16. The van der Waals surface area contributed by atoms with Gasteiger partial charge in [-0.1, -0.05) is 17.7 Å². The molecule has 0 spiro atoms. The van der Waals surface area contributed by atoms with Gasteiger partial charge in [0.1, 0.15) is 0 Å². The molecule has 0 bridgehead atoms. The van der Waals surface area contributed by atoms with Gasteiger partial charge in [-0.15, -0.1) is 0 Å². The van der Waals surface area contributed by atoms with E-state index >= 15 is 0 Å². The number of nitrogens with zero attached hydrogens (tertiary/aromatic N) is 4. The summed E-state index contributed by atoms with van der Waals surface area (Å²) in [5.41, 5.74) is 3.77. The SMILES string of the molecule is CC1=CC(C)=NC(=O)C1CNC(=O)c1cc(-c2ccc(C(=O)O)cc2)nc2c1cnn2C(C)C. The Balaban J connectivity index is 1.71. The Hall–Kier alpha value is -4.14. The molecule has 0 saturated heterocycles. The molecule has 3 aromatic rings. The van der Waals surface area contributed by atoms with E-state index in [1.54, 1.807) is 36.0 Å². The normalized spacial score (nSPS) is 15.9. The molecule has 1 unspecified atom stereocenters. The molecule has 2 aromatic heterocycles. The highest BCUT2D eigenvalue weighted by Gasteiger charge is 2.25. The predicted molar refractivity (Wildman–Crippen MR) is 128 cm³/mol. The van der Waals surface area contributed by atoms with Crippen molar-refractivity contribution in [2.45, 2.75) is 33.7 Å². The molecule has 2 amide bonds. The quantitative estimate of drug-likeness (QED) is 0.579. The standard InChI is InChI=1S/C25H25N5O4/c1-13(2)30-22-20(12-27-30)18(10-21(29-22)16-5-7-17(8-6-16)25(33)34)23(31)26-11-19-14(3)9-15(4)28-24(19)32/h5-10,12-13,19H,11H2,1-4H3,(H,26,31)(H,33,34). The van der Waals surface area contributed by atoms with E-state index in [2.05, 4.69) is 15.4 Å². The number of fused-ring (bicyclic) bond motifs is 1. The van der Waals surface area contributed by atoms with Crippen molar-refractivity contribution < 1.29 is 19.5 Å². The van der Waals surface area contributed by atoms with Crippen LogP contribution < -0.4 is 5.32 Å². The van der Waals surface area contributed by atoms with Crippen LogP contribution in [0, 0.1) is 5.92 Å². The first-order valence-electron chi connectivity index (χ1n) is 10.9. The van der Waals surface area contributed by atoms with Gasteiger partial charge in [0.15, 0.2) is 5.65 Å². The molecule has 1 atom stereocenters. The van der Waals surface area contributed by atoms with Crippen LogP contribution in [0.25, 0.3) is 22.3 Å². The lowest BCUT2D eigenvalue weighted by molar-refractivity contribution is -0.120. The number of nitrogens with one attached hydrogen (secondary N) is 1. The van der Waals surface area contributed by atoms with Crippen LogP contribution in [0.1, 0.15) is 54.5 Å². The number of carbonyl (C=O) groups is 3. The second kappa shape index (κ2) is 9.01. The highest BCUT2D eigenvalue weighted by Crippen LogP contribution is 2.27. The summed E-state index contributed by atoms with van der Waals surface area (Å²) in [5, 5.41) is 17.0. The smallest absolute Gasteiger partial charge is 0.335 e. The molecule has 9 heteroatoms.